The lowest BCUT2D eigenvalue weighted by atomic mass is 9.78. The first-order valence-electron chi connectivity index (χ1n) is 13.0. The number of carboxylic acids is 1. The molecule has 1 aliphatic carbocycles. The Hall–Kier alpha value is -3.86. The Labute approximate surface area is 237 Å². The van der Waals surface area contributed by atoms with Crippen LogP contribution in [-0.2, 0) is 17.9 Å². The minimum Gasteiger partial charge on any atom is -0.486 e. The highest BCUT2D eigenvalue weighted by Gasteiger charge is 2.36. The minimum atomic E-state index is -4.96. The zero-order chi connectivity index (χ0) is 29.3. The molecule has 41 heavy (non-hydrogen) atoms. The van der Waals surface area contributed by atoms with E-state index in [0.29, 0.717) is 47.2 Å². The van der Waals surface area contributed by atoms with E-state index in [1.54, 1.807) is 22.9 Å². The first kappa shape index (κ1) is 28.7. The Kier molecular flexibility index (Phi) is 8.08. The van der Waals surface area contributed by atoms with Crippen LogP contribution in [0.15, 0.2) is 48.7 Å². The van der Waals surface area contributed by atoms with Crippen LogP contribution < -0.4 is 9.47 Å². The van der Waals surface area contributed by atoms with Gasteiger partial charge < -0.3 is 19.1 Å². The van der Waals surface area contributed by atoms with Gasteiger partial charge in [-0.3, -0.25) is 9.78 Å². The lowest BCUT2D eigenvalue weighted by molar-refractivity contribution is -0.274. The third-order valence-electron chi connectivity index (χ3n) is 7.18. The lowest BCUT2D eigenvalue weighted by Gasteiger charge is -2.28. The summed E-state index contributed by atoms with van der Waals surface area (Å²) in [7, 11) is 0. The molecule has 5 rings (SSSR count). The predicted molar refractivity (Wildman–Crippen MR) is 143 cm³/mol. The van der Waals surface area contributed by atoms with Gasteiger partial charge >= 0.3 is 12.3 Å². The smallest absolute Gasteiger partial charge is 0.486 e. The predicted octanol–water partition coefficient (Wildman–Crippen LogP) is 7.42. The Balaban J connectivity index is 1.56. The van der Waals surface area contributed by atoms with Gasteiger partial charge in [0.1, 0.15) is 29.7 Å². The van der Waals surface area contributed by atoms with Crippen molar-refractivity contribution in [3.05, 3.63) is 82.1 Å². The second kappa shape index (κ2) is 11.6. The van der Waals surface area contributed by atoms with E-state index in [0.717, 1.165) is 24.5 Å². The highest BCUT2D eigenvalue weighted by atomic mass is 35.5. The fraction of sp³-hybridized carbons (Fsp3) is 0.345. The van der Waals surface area contributed by atoms with E-state index in [9.17, 15) is 23.1 Å². The van der Waals surface area contributed by atoms with E-state index in [4.69, 9.17) is 21.3 Å². The SMILES string of the molecule is Cc1ccc(COc2cc3c(cc2Cl)nc([C@@H]2CCCC[C@@H]2C(=O)O)n3Cc2ccc(OC(F)(F)F)cc2F)nc1. The van der Waals surface area contributed by atoms with Crippen molar-refractivity contribution in [1.29, 1.82) is 0 Å². The number of aliphatic carboxylic acids is 1. The average Bonchev–Trinajstić information content (AvgIpc) is 3.25. The topological polar surface area (TPSA) is 86.5 Å². The highest BCUT2D eigenvalue weighted by Crippen LogP contribution is 2.41. The third kappa shape index (κ3) is 6.56. The summed E-state index contributed by atoms with van der Waals surface area (Å²) in [6.07, 6.45) is -0.642. The molecule has 2 heterocycles. The van der Waals surface area contributed by atoms with Gasteiger partial charge in [-0.05, 0) is 43.5 Å². The van der Waals surface area contributed by atoms with Gasteiger partial charge in [0.05, 0.1) is 34.2 Å². The Morgan fingerprint density at radius 2 is 1.93 bits per heavy atom. The number of hydrogen-bond donors (Lipinski definition) is 1. The lowest BCUT2D eigenvalue weighted by Crippen LogP contribution is -2.28. The molecule has 0 bridgehead atoms. The van der Waals surface area contributed by atoms with E-state index >= 15 is 4.39 Å². The zero-order valence-corrected chi connectivity index (χ0v) is 22.7. The number of aryl methyl sites for hydroxylation is 1. The molecule has 2 atom stereocenters. The molecule has 2 aromatic carbocycles. The average molecular weight is 592 g/mol. The summed E-state index contributed by atoms with van der Waals surface area (Å²) in [4.78, 5) is 21.2. The molecule has 1 fully saturated rings. The van der Waals surface area contributed by atoms with Gasteiger partial charge in [0.15, 0.2) is 0 Å². The van der Waals surface area contributed by atoms with Crippen molar-refractivity contribution in [1.82, 2.24) is 14.5 Å². The molecule has 1 saturated carbocycles. The molecule has 1 N–H and O–H groups in total. The second-order valence-electron chi connectivity index (χ2n) is 10.1. The fourth-order valence-electron chi connectivity index (χ4n) is 5.20. The number of benzene rings is 2. The molecule has 4 aromatic rings. The van der Waals surface area contributed by atoms with Crippen molar-refractivity contribution in [3.63, 3.8) is 0 Å². The van der Waals surface area contributed by atoms with Crippen LogP contribution in [-0.4, -0.2) is 32.0 Å². The molecule has 7 nitrogen and oxygen atoms in total. The number of carbonyl (C=O) groups is 1. The molecule has 1 aliphatic rings. The van der Waals surface area contributed by atoms with Gasteiger partial charge in [0.25, 0.3) is 0 Å². The van der Waals surface area contributed by atoms with E-state index in [-0.39, 0.29) is 23.7 Å². The normalized spacial score (nSPS) is 17.5. The minimum absolute atomic E-state index is 0.0732. The summed E-state index contributed by atoms with van der Waals surface area (Å²) in [5, 5.41) is 10.2. The molecule has 0 spiro atoms. The number of fused-ring (bicyclic) bond motifs is 1. The molecule has 12 heteroatoms. The summed E-state index contributed by atoms with van der Waals surface area (Å²) >= 11 is 6.52. The van der Waals surface area contributed by atoms with Crippen molar-refractivity contribution >= 4 is 28.6 Å². The zero-order valence-electron chi connectivity index (χ0n) is 21.9. The Bertz CT molecular complexity index is 1570. The maximum absolute atomic E-state index is 15.0. The number of aromatic nitrogens is 3. The fourth-order valence-corrected chi connectivity index (χ4v) is 5.41. The maximum atomic E-state index is 15.0. The van der Waals surface area contributed by atoms with Crippen molar-refractivity contribution < 1.29 is 36.9 Å². The van der Waals surface area contributed by atoms with E-state index in [2.05, 4.69) is 9.72 Å². The van der Waals surface area contributed by atoms with Gasteiger partial charge in [-0.2, -0.15) is 0 Å². The molecule has 0 radical (unpaired) electrons. The number of carboxylic acid groups (broad SMARTS) is 1. The summed E-state index contributed by atoms with van der Waals surface area (Å²) in [6.45, 7) is 1.93. The Morgan fingerprint density at radius 1 is 1.15 bits per heavy atom. The van der Waals surface area contributed by atoms with Crippen LogP contribution in [0, 0.1) is 18.7 Å². The number of nitrogens with zero attached hydrogens (tertiary/aromatic N) is 3. The maximum Gasteiger partial charge on any atom is 0.573 e. The monoisotopic (exact) mass is 591 g/mol. The van der Waals surface area contributed by atoms with Crippen LogP contribution >= 0.6 is 11.6 Å². The quantitative estimate of drug-likeness (QED) is 0.215. The van der Waals surface area contributed by atoms with Crippen LogP contribution in [0.1, 0.15) is 54.2 Å². The molecule has 2 aromatic heterocycles. The van der Waals surface area contributed by atoms with Crippen molar-refractivity contribution in [2.75, 3.05) is 0 Å². The summed E-state index contributed by atoms with van der Waals surface area (Å²) in [5.74, 6) is -2.91. The molecular formula is C29H26ClF4N3O4. The van der Waals surface area contributed by atoms with E-state index < -0.39 is 35.7 Å². The number of rotatable bonds is 8. The third-order valence-corrected chi connectivity index (χ3v) is 7.48. The van der Waals surface area contributed by atoms with Crippen LogP contribution in [0.2, 0.25) is 5.02 Å². The number of halogens is 5. The van der Waals surface area contributed by atoms with Gasteiger partial charge in [-0.15, -0.1) is 13.2 Å². The number of alkyl halides is 3. The number of pyridine rings is 1. The standard InChI is InChI=1S/C29H26ClF4N3O4/c1-16-6-8-18(35-13-16)15-40-26-12-25-24(11-22(26)30)36-27(20-4-2-3-5-21(20)28(38)39)37(25)14-17-7-9-19(10-23(17)31)41-29(32,33)34/h6-13,20-21H,2-5,14-15H2,1H3,(H,38,39)/t20-,21+/m1/s1. The summed E-state index contributed by atoms with van der Waals surface area (Å²) in [5.41, 5.74) is 2.72. The van der Waals surface area contributed by atoms with Crippen LogP contribution in [0.4, 0.5) is 17.6 Å². The number of hydrogen-bond acceptors (Lipinski definition) is 5. The summed E-state index contributed by atoms with van der Waals surface area (Å²) < 4.78 is 64.5. The van der Waals surface area contributed by atoms with Gasteiger partial charge in [0, 0.05) is 29.8 Å². The molecule has 0 unspecified atom stereocenters. The second-order valence-corrected chi connectivity index (χ2v) is 10.5. The molecular weight excluding hydrogens is 566 g/mol. The number of imidazole rings is 1. The molecule has 216 valence electrons. The van der Waals surface area contributed by atoms with Crippen LogP contribution in [0.3, 0.4) is 0 Å². The van der Waals surface area contributed by atoms with Crippen molar-refractivity contribution in [2.24, 2.45) is 5.92 Å². The largest absolute Gasteiger partial charge is 0.573 e. The molecule has 0 saturated heterocycles. The molecule has 0 aliphatic heterocycles. The van der Waals surface area contributed by atoms with Gasteiger partial charge in [-0.1, -0.05) is 36.6 Å². The highest BCUT2D eigenvalue weighted by molar-refractivity contribution is 6.32. The van der Waals surface area contributed by atoms with Gasteiger partial charge in [-0.25, -0.2) is 9.37 Å². The van der Waals surface area contributed by atoms with Gasteiger partial charge in [0.2, 0.25) is 0 Å². The number of ether oxygens (including phenoxy) is 2. The van der Waals surface area contributed by atoms with E-state index in [1.165, 1.54) is 6.07 Å². The first-order chi connectivity index (χ1) is 19.5. The first-order valence-corrected chi connectivity index (χ1v) is 13.4. The van der Waals surface area contributed by atoms with Crippen molar-refractivity contribution in [2.45, 2.75) is 58.0 Å². The Morgan fingerprint density at radius 3 is 2.61 bits per heavy atom. The molecule has 0 amide bonds. The van der Waals surface area contributed by atoms with Crippen LogP contribution in [0.25, 0.3) is 11.0 Å². The summed E-state index contributed by atoms with van der Waals surface area (Å²) in [6, 6.07) is 9.89. The van der Waals surface area contributed by atoms with E-state index in [1.807, 2.05) is 19.1 Å². The van der Waals surface area contributed by atoms with Crippen molar-refractivity contribution in [3.8, 4) is 11.5 Å². The van der Waals surface area contributed by atoms with Crippen LogP contribution in [0.5, 0.6) is 11.5 Å².